The highest BCUT2D eigenvalue weighted by atomic mass is 32.1. The molecule has 2 rings (SSSR count). The third-order valence-corrected chi connectivity index (χ3v) is 2.98. The van der Waals surface area contributed by atoms with Crippen LogP contribution in [0, 0.1) is 0 Å². The number of benzene rings is 1. The molecule has 5 nitrogen and oxygen atoms in total. The Morgan fingerprint density at radius 3 is 2.63 bits per heavy atom. The minimum atomic E-state index is -0.487. The van der Waals surface area contributed by atoms with Gasteiger partial charge in [0.05, 0.1) is 12.5 Å². The lowest BCUT2D eigenvalue weighted by molar-refractivity contribution is 0.0938. The molecule has 1 atom stereocenters. The first-order valence-electron chi connectivity index (χ1n) is 5.71. The zero-order chi connectivity index (χ0) is 13.8. The van der Waals surface area contributed by atoms with Gasteiger partial charge in [0.25, 0.3) is 5.91 Å². The van der Waals surface area contributed by atoms with E-state index in [9.17, 15) is 4.79 Å². The molecule has 98 valence electrons. The van der Waals surface area contributed by atoms with Crippen molar-refractivity contribution in [3.63, 3.8) is 0 Å². The van der Waals surface area contributed by atoms with E-state index in [1.54, 1.807) is 17.9 Å². The van der Waals surface area contributed by atoms with E-state index in [2.05, 4.69) is 10.3 Å². The third-order valence-electron chi connectivity index (χ3n) is 2.74. The Labute approximate surface area is 116 Å². The molecule has 1 heterocycles. The van der Waals surface area contributed by atoms with Crippen molar-refractivity contribution >= 4 is 23.1 Å². The molecule has 1 unspecified atom stereocenters. The molecular weight excluding hydrogens is 260 g/mol. The van der Waals surface area contributed by atoms with Crippen LogP contribution in [0.1, 0.15) is 22.1 Å². The Hall–Kier alpha value is -2.21. The van der Waals surface area contributed by atoms with Gasteiger partial charge in [-0.15, -0.1) is 0 Å². The molecule has 0 aliphatic carbocycles. The van der Waals surface area contributed by atoms with Crippen molar-refractivity contribution in [1.82, 2.24) is 14.9 Å². The van der Waals surface area contributed by atoms with Gasteiger partial charge in [0.15, 0.2) is 0 Å². The molecule has 0 spiro atoms. The maximum Gasteiger partial charge on any atom is 0.270 e. The highest BCUT2D eigenvalue weighted by Crippen LogP contribution is 2.13. The number of aryl methyl sites for hydroxylation is 1. The molecule has 0 fully saturated rings. The number of hydrogen-bond donors (Lipinski definition) is 2. The Balaban J connectivity index is 2.21. The summed E-state index contributed by atoms with van der Waals surface area (Å²) in [5, 5.41) is 2.81. The van der Waals surface area contributed by atoms with E-state index in [1.165, 1.54) is 6.20 Å². The van der Waals surface area contributed by atoms with Crippen molar-refractivity contribution in [3.8, 4) is 0 Å². The van der Waals surface area contributed by atoms with Crippen LogP contribution in [0.2, 0.25) is 0 Å². The van der Waals surface area contributed by atoms with E-state index in [4.69, 9.17) is 18.0 Å². The van der Waals surface area contributed by atoms with Gasteiger partial charge in [0, 0.05) is 7.05 Å². The van der Waals surface area contributed by atoms with Crippen molar-refractivity contribution in [2.24, 2.45) is 12.8 Å². The maximum atomic E-state index is 12.1. The second-order valence-electron chi connectivity index (χ2n) is 4.11. The predicted molar refractivity (Wildman–Crippen MR) is 76.6 cm³/mol. The summed E-state index contributed by atoms with van der Waals surface area (Å²) in [4.78, 5) is 16.3. The van der Waals surface area contributed by atoms with E-state index in [0.717, 1.165) is 5.56 Å². The molecule has 2 aromatic rings. The molecule has 0 saturated heterocycles. The molecule has 19 heavy (non-hydrogen) atoms. The van der Waals surface area contributed by atoms with Crippen LogP contribution in [0.3, 0.4) is 0 Å². The van der Waals surface area contributed by atoms with Crippen LogP contribution in [0.25, 0.3) is 0 Å². The Morgan fingerprint density at radius 1 is 1.42 bits per heavy atom. The minimum Gasteiger partial charge on any atom is -0.391 e. The summed E-state index contributed by atoms with van der Waals surface area (Å²) >= 11 is 5.02. The Morgan fingerprint density at radius 2 is 2.11 bits per heavy atom. The van der Waals surface area contributed by atoms with Crippen LogP contribution >= 0.6 is 12.2 Å². The number of thiocarbonyl (C=S) groups is 1. The molecule has 6 heteroatoms. The quantitative estimate of drug-likeness (QED) is 0.821. The monoisotopic (exact) mass is 274 g/mol. The number of nitrogens with zero attached hydrogens (tertiary/aromatic N) is 2. The van der Waals surface area contributed by atoms with Gasteiger partial charge < -0.3 is 15.6 Å². The van der Waals surface area contributed by atoms with E-state index in [0.29, 0.717) is 5.69 Å². The molecule has 1 aromatic carbocycles. The highest BCUT2D eigenvalue weighted by Gasteiger charge is 2.19. The summed E-state index contributed by atoms with van der Waals surface area (Å²) in [6.45, 7) is 0. The SMILES string of the molecule is Cn1cncc1C(=O)NC(C(N)=S)c1ccccc1. The topological polar surface area (TPSA) is 72.9 Å². The fraction of sp³-hybridized carbons (Fsp3) is 0.154. The lowest BCUT2D eigenvalue weighted by atomic mass is 10.1. The van der Waals surface area contributed by atoms with Gasteiger partial charge >= 0.3 is 0 Å². The van der Waals surface area contributed by atoms with Gasteiger partial charge in [-0.1, -0.05) is 42.5 Å². The third kappa shape index (κ3) is 2.97. The minimum absolute atomic E-state index is 0.224. The number of aromatic nitrogens is 2. The average molecular weight is 274 g/mol. The smallest absolute Gasteiger partial charge is 0.270 e. The molecule has 0 radical (unpaired) electrons. The van der Waals surface area contributed by atoms with Crippen LogP contribution < -0.4 is 11.1 Å². The molecule has 0 aliphatic heterocycles. The fourth-order valence-corrected chi connectivity index (χ4v) is 1.94. The molecule has 0 saturated carbocycles. The molecule has 1 amide bonds. The second-order valence-corrected chi connectivity index (χ2v) is 4.58. The number of nitrogens with one attached hydrogen (secondary N) is 1. The zero-order valence-corrected chi connectivity index (χ0v) is 11.2. The van der Waals surface area contributed by atoms with Gasteiger partial charge in [-0.2, -0.15) is 0 Å². The van der Waals surface area contributed by atoms with Crippen molar-refractivity contribution in [2.75, 3.05) is 0 Å². The van der Waals surface area contributed by atoms with Gasteiger partial charge in [-0.25, -0.2) is 4.98 Å². The summed E-state index contributed by atoms with van der Waals surface area (Å²) in [7, 11) is 1.75. The van der Waals surface area contributed by atoms with E-state index >= 15 is 0 Å². The van der Waals surface area contributed by atoms with Crippen LogP contribution in [0.15, 0.2) is 42.9 Å². The zero-order valence-electron chi connectivity index (χ0n) is 10.4. The number of carbonyl (C=O) groups excluding carboxylic acids is 1. The number of rotatable bonds is 4. The largest absolute Gasteiger partial charge is 0.391 e. The van der Waals surface area contributed by atoms with Crippen LogP contribution in [0.5, 0.6) is 0 Å². The summed E-state index contributed by atoms with van der Waals surface area (Å²) in [5.74, 6) is -0.262. The number of carbonyl (C=O) groups is 1. The van der Waals surface area contributed by atoms with E-state index in [1.807, 2.05) is 30.3 Å². The lowest BCUT2D eigenvalue weighted by Gasteiger charge is -2.17. The summed E-state index contributed by atoms with van der Waals surface area (Å²) in [6, 6.07) is 8.89. The lowest BCUT2D eigenvalue weighted by Crippen LogP contribution is -2.37. The van der Waals surface area contributed by atoms with Crippen molar-refractivity contribution < 1.29 is 4.79 Å². The number of amides is 1. The number of hydrogen-bond acceptors (Lipinski definition) is 3. The molecular formula is C13H14N4OS. The van der Waals surface area contributed by atoms with Crippen LogP contribution in [-0.2, 0) is 7.05 Å². The molecule has 0 aliphatic rings. The number of imidazole rings is 1. The average Bonchev–Trinajstić information content (AvgIpc) is 2.82. The first-order chi connectivity index (χ1) is 9.09. The molecule has 3 N–H and O–H groups in total. The van der Waals surface area contributed by atoms with Crippen molar-refractivity contribution in [3.05, 3.63) is 54.1 Å². The van der Waals surface area contributed by atoms with Gasteiger partial charge in [-0.05, 0) is 5.56 Å². The fourth-order valence-electron chi connectivity index (χ4n) is 1.75. The standard InChI is InChI=1S/C13H14N4OS/c1-17-8-15-7-10(17)13(18)16-11(12(14)19)9-5-3-2-4-6-9/h2-8,11H,1H3,(H2,14,19)(H,16,18). The van der Waals surface area contributed by atoms with Crippen LogP contribution in [-0.4, -0.2) is 20.4 Å². The summed E-state index contributed by atoms with van der Waals surface area (Å²) in [5.41, 5.74) is 7.01. The Kier molecular flexibility index (Phi) is 3.91. The van der Waals surface area contributed by atoms with E-state index < -0.39 is 6.04 Å². The molecule has 0 bridgehead atoms. The first kappa shape index (κ1) is 13.2. The Bertz CT molecular complexity index is 594. The first-order valence-corrected chi connectivity index (χ1v) is 6.12. The summed E-state index contributed by atoms with van der Waals surface area (Å²) < 4.78 is 1.64. The summed E-state index contributed by atoms with van der Waals surface area (Å²) in [6.07, 6.45) is 3.06. The van der Waals surface area contributed by atoms with Gasteiger partial charge in [0.2, 0.25) is 0 Å². The maximum absolute atomic E-state index is 12.1. The van der Waals surface area contributed by atoms with E-state index in [-0.39, 0.29) is 10.9 Å². The second kappa shape index (κ2) is 5.62. The molecule has 1 aromatic heterocycles. The van der Waals surface area contributed by atoms with Crippen molar-refractivity contribution in [2.45, 2.75) is 6.04 Å². The predicted octanol–water partition coefficient (Wildman–Crippen LogP) is 1.18. The van der Waals surface area contributed by atoms with Crippen molar-refractivity contribution in [1.29, 1.82) is 0 Å². The van der Waals surface area contributed by atoms with Gasteiger partial charge in [0.1, 0.15) is 16.7 Å². The number of nitrogens with two attached hydrogens (primary N) is 1. The van der Waals surface area contributed by atoms with Crippen LogP contribution in [0.4, 0.5) is 0 Å². The normalized spacial score (nSPS) is 11.8. The highest BCUT2D eigenvalue weighted by molar-refractivity contribution is 7.80. The van der Waals surface area contributed by atoms with Gasteiger partial charge in [-0.3, -0.25) is 4.79 Å².